The number of nitrogens with zero attached hydrogens (tertiary/aromatic N) is 3. The summed E-state index contributed by atoms with van der Waals surface area (Å²) in [6, 6.07) is 3.23. The molecule has 0 aliphatic rings. The highest BCUT2D eigenvalue weighted by Gasteiger charge is 2.12. The predicted molar refractivity (Wildman–Crippen MR) is 58.8 cm³/mol. The highest BCUT2D eigenvalue weighted by Crippen LogP contribution is 2.21. The Labute approximate surface area is 101 Å². The van der Waals surface area contributed by atoms with Crippen molar-refractivity contribution in [3.63, 3.8) is 0 Å². The van der Waals surface area contributed by atoms with Crippen LogP contribution in [0.5, 0.6) is 0 Å². The normalized spacial score (nSPS) is 11.0. The van der Waals surface area contributed by atoms with Crippen LogP contribution < -0.4 is 0 Å². The van der Waals surface area contributed by atoms with Crippen molar-refractivity contribution in [1.29, 1.82) is 0 Å². The number of hydrogen-bond acceptors (Lipinski definition) is 4. The molecule has 0 bridgehead atoms. The summed E-state index contributed by atoms with van der Waals surface area (Å²) >= 11 is 11.3. The molecule has 7 heteroatoms. The van der Waals surface area contributed by atoms with Crippen molar-refractivity contribution < 1.29 is 9.53 Å². The van der Waals surface area contributed by atoms with Gasteiger partial charge >= 0.3 is 5.97 Å². The molecule has 0 saturated heterocycles. The van der Waals surface area contributed by atoms with Crippen molar-refractivity contribution in [2.24, 2.45) is 0 Å². The van der Waals surface area contributed by atoms with Gasteiger partial charge in [0.25, 0.3) is 0 Å². The van der Waals surface area contributed by atoms with Crippen LogP contribution in [-0.2, 0) is 4.74 Å². The van der Waals surface area contributed by atoms with Crippen molar-refractivity contribution in [2.75, 3.05) is 7.11 Å². The molecule has 0 N–H and O–H groups in total. The molecule has 84 valence electrons. The van der Waals surface area contributed by atoms with E-state index < -0.39 is 10.8 Å². The van der Waals surface area contributed by atoms with E-state index in [0.717, 1.165) is 0 Å². The summed E-state index contributed by atoms with van der Waals surface area (Å²) < 4.78 is 6.02. The molecule has 0 atom stereocenters. The number of ether oxygens (including phenoxy) is 1. The number of hydrogen-bond donors (Lipinski definition) is 0. The van der Waals surface area contributed by atoms with E-state index in [-0.39, 0.29) is 0 Å². The van der Waals surface area contributed by atoms with Crippen LogP contribution in [0, 0.1) is 0 Å². The molecule has 0 unspecified atom stereocenters. The Morgan fingerprint density at radius 1 is 1.50 bits per heavy atom. The second-order valence-corrected chi connectivity index (χ2v) is 4.08. The summed E-state index contributed by atoms with van der Waals surface area (Å²) in [5.41, 5.74) is 0.945. The van der Waals surface area contributed by atoms with Gasteiger partial charge in [-0.05, 0) is 12.1 Å². The van der Waals surface area contributed by atoms with Gasteiger partial charge in [0.1, 0.15) is 0 Å². The van der Waals surface area contributed by atoms with E-state index in [4.69, 9.17) is 23.2 Å². The van der Waals surface area contributed by atoms with Gasteiger partial charge in [0.05, 0.1) is 12.7 Å². The second kappa shape index (κ2) is 4.27. The van der Waals surface area contributed by atoms with Crippen molar-refractivity contribution in [3.8, 4) is 0 Å². The standard InChI is InChI=1S/C9H7Cl2N3O2/c1-16-9(15)5-2-3-6-12-8(7(10)11)13-14(6)4-5/h2-4,7H,1H3. The number of carbonyl (C=O) groups is 1. The SMILES string of the molecule is COC(=O)c1ccc2nc(C(Cl)Cl)nn2c1. The molecule has 0 aliphatic heterocycles. The van der Waals surface area contributed by atoms with Gasteiger partial charge in [0.2, 0.25) is 0 Å². The Kier molecular flexibility index (Phi) is 2.98. The zero-order valence-corrected chi connectivity index (χ0v) is 9.74. The molecule has 0 spiro atoms. The van der Waals surface area contributed by atoms with Crippen LogP contribution in [0.15, 0.2) is 18.3 Å². The van der Waals surface area contributed by atoms with Crippen molar-refractivity contribution in [3.05, 3.63) is 29.7 Å². The average molecular weight is 260 g/mol. The predicted octanol–water partition coefficient (Wildman–Crippen LogP) is 1.99. The number of carbonyl (C=O) groups excluding carboxylic acids is 1. The quantitative estimate of drug-likeness (QED) is 0.612. The number of pyridine rings is 1. The third-order valence-corrected chi connectivity index (χ3v) is 2.35. The molecule has 0 aliphatic carbocycles. The minimum absolute atomic E-state index is 0.297. The first kappa shape index (κ1) is 11.2. The lowest BCUT2D eigenvalue weighted by molar-refractivity contribution is 0.0600. The minimum Gasteiger partial charge on any atom is -0.465 e. The third-order valence-electron chi connectivity index (χ3n) is 1.96. The highest BCUT2D eigenvalue weighted by atomic mass is 35.5. The van der Waals surface area contributed by atoms with E-state index in [1.165, 1.54) is 17.8 Å². The first-order valence-corrected chi connectivity index (χ1v) is 5.22. The van der Waals surface area contributed by atoms with Crippen molar-refractivity contribution in [1.82, 2.24) is 14.6 Å². The van der Waals surface area contributed by atoms with Gasteiger partial charge in [-0.1, -0.05) is 23.2 Å². The molecule has 0 aromatic carbocycles. The molecule has 5 nitrogen and oxygen atoms in total. The van der Waals surface area contributed by atoms with Gasteiger partial charge in [-0.15, -0.1) is 5.10 Å². The van der Waals surface area contributed by atoms with Crippen LogP contribution in [0.25, 0.3) is 5.65 Å². The first-order chi connectivity index (χ1) is 7.61. The Balaban J connectivity index is 2.49. The maximum Gasteiger partial charge on any atom is 0.339 e. The fourth-order valence-corrected chi connectivity index (χ4v) is 1.42. The molecule has 0 saturated carbocycles. The fraction of sp³-hybridized carbons (Fsp3) is 0.222. The van der Waals surface area contributed by atoms with Crippen LogP contribution >= 0.6 is 23.2 Å². The summed E-state index contributed by atoms with van der Waals surface area (Å²) in [6.07, 6.45) is 1.51. The lowest BCUT2D eigenvalue weighted by atomic mass is 10.3. The molecule has 0 radical (unpaired) electrons. The Morgan fingerprint density at radius 3 is 2.88 bits per heavy atom. The smallest absolute Gasteiger partial charge is 0.339 e. The average Bonchev–Trinajstić information content (AvgIpc) is 2.70. The molecule has 2 aromatic rings. The molecule has 0 fully saturated rings. The van der Waals surface area contributed by atoms with E-state index in [1.54, 1.807) is 12.1 Å². The van der Waals surface area contributed by atoms with Gasteiger partial charge < -0.3 is 4.74 Å². The zero-order chi connectivity index (χ0) is 11.7. The maximum atomic E-state index is 11.3. The summed E-state index contributed by atoms with van der Waals surface area (Å²) in [7, 11) is 1.31. The molecule has 16 heavy (non-hydrogen) atoms. The van der Waals surface area contributed by atoms with E-state index in [0.29, 0.717) is 17.0 Å². The maximum absolute atomic E-state index is 11.3. The van der Waals surface area contributed by atoms with Gasteiger partial charge in [-0.3, -0.25) is 0 Å². The second-order valence-electron chi connectivity index (χ2n) is 2.98. The Bertz CT molecular complexity index is 539. The minimum atomic E-state index is -0.790. The van der Waals surface area contributed by atoms with E-state index in [1.807, 2.05) is 0 Å². The van der Waals surface area contributed by atoms with E-state index >= 15 is 0 Å². The highest BCUT2D eigenvalue weighted by molar-refractivity contribution is 6.43. The van der Waals surface area contributed by atoms with E-state index in [9.17, 15) is 4.79 Å². The first-order valence-electron chi connectivity index (χ1n) is 4.34. The summed E-state index contributed by atoms with van der Waals surface area (Å²) in [6.45, 7) is 0. The van der Waals surface area contributed by atoms with E-state index in [2.05, 4.69) is 14.8 Å². The molecular formula is C9H7Cl2N3O2. The van der Waals surface area contributed by atoms with Crippen LogP contribution in [0.2, 0.25) is 0 Å². The van der Waals surface area contributed by atoms with Crippen LogP contribution in [0.1, 0.15) is 21.0 Å². The summed E-state index contributed by atoms with van der Waals surface area (Å²) in [5, 5.41) is 4.02. The molecule has 2 aromatic heterocycles. The lowest BCUT2D eigenvalue weighted by Gasteiger charge is -1.98. The van der Waals surface area contributed by atoms with Crippen LogP contribution in [0.4, 0.5) is 0 Å². The number of esters is 1. The number of aromatic nitrogens is 3. The third kappa shape index (κ3) is 1.96. The number of methoxy groups -OCH3 is 1. The van der Waals surface area contributed by atoms with Crippen molar-refractivity contribution in [2.45, 2.75) is 4.84 Å². The molecule has 2 rings (SSSR count). The lowest BCUT2D eigenvalue weighted by Crippen LogP contribution is -2.03. The number of halogens is 2. The number of fused-ring (bicyclic) bond motifs is 1. The fourth-order valence-electron chi connectivity index (χ4n) is 1.23. The summed E-state index contributed by atoms with van der Waals surface area (Å²) in [5.74, 6) is -0.141. The Morgan fingerprint density at radius 2 is 2.25 bits per heavy atom. The van der Waals surface area contributed by atoms with Crippen LogP contribution in [-0.4, -0.2) is 27.7 Å². The zero-order valence-electron chi connectivity index (χ0n) is 8.22. The van der Waals surface area contributed by atoms with Gasteiger partial charge in [-0.25, -0.2) is 14.3 Å². The molecule has 2 heterocycles. The molecule has 0 amide bonds. The Hall–Kier alpha value is -1.33. The van der Waals surface area contributed by atoms with Gasteiger partial charge in [0, 0.05) is 6.20 Å². The summed E-state index contributed by atoms with van der Waals surface area (Å²) in [4.78, 5) is 14.5. The van der Waals surface area contributed by atoms with Gasteiger partial charge in [-0.2, -0.15) is 0 Å². The monoisotopic (exact) mass is 259 g/mol. The van der Waals surface area contributed by atoms with Crippen LogP contribution in [0.3, 0.4) is 0 Å². The molecular weight excluding hydrogens is 253 g/mol. The number of rotatable bonds is 2. The number of alkyl halides is 2. The largest absolute Gasteiger partial charge is 0.465 e. The topological polar surface area (TPSA) is 56.5 Å². The van der Waals surface area contributed by atoms with Gasteiger partial charge in [0.15, 0.2) is 16.3 Å². The van der Waals surface area contributed by atoms with Crippen molar-refractivity contribution >= 4 is 34.8 Å².